The Morgan fingerprint density at radius 2 is 1.16 bits per heavy atom. The fourth-order valence-electron chi connectivity index (χ4n) is 9.48. The van der Waals surface area contributed by atoms with Crippen LogP contribution in [0.15, 0.2) is 91.4 Å². The van der Waals surface area contributed by atoms with E-state index in [9.17, 15) is 15.3 Å². The van der Waals surface area contributed by atoms with Crippen LogP contribution in [0, 0.1) is 22.7 Å². The molecule has 2 aromatic carbocycles. The van der Waals surface area contributed by atoms with Crippen molar-refractivity contribution in [3.63, 3.8) is 0 Å². The molecule has 16 nitrogen and oxygen atoms in total. The van der Waals surface area contributed by atoms with E-state index in [1.165, 1.54) is 84.2 Å². The summed E-state index contributed by atoms with van der Waals surface area (Å²) in [4.78, 5) is 28.4. The fourth-order valence-corrected chi connectivity index (χ4v) is 13.3. The zero-order valence-electron chi connectivity index (χ0n) is 41.5. The highest BCUT2D eigenvalue weighted by atomic mass is 32.3. The van der Waals surface area contributed by atoms with Gasteiger partial charge in [0.2, 0.25) is 0 Å². The number of hydrogen-bond acceptors (Lipinski definition) is 16. The summed E-state index contributed by atoms with van der Waals surface area (Å²) in [5.74, 6) is 4.69. The van der Waals surface area contributed by atoms with E-state index < -0.39 is 16.3 Å². The topological polar surface area (TPSA) is 272 Å². The van der Waals surface area contributed by atoms with E-state index in [2.05, 4.69) is 62.0 Å². The first kappa shape index (κ1) is 56.6. The summed E-state index contributed by atoms with van der Waals surface area (Å²) < 4.78 is 44.9. The Balaban J connectivity index is 0.000000160. The highest BCUT2D eigenvalue weighted by Gasteiger charge is 2.24. The smallest absolute Gasteiger partial charge is 0.394 e. The maximum absolute atomic E-state index is 11.4. The average molecular weight is 1100 g/mol. The van der Waals surface area contributed by atoms with Crippen LogP contribution in [0.2, 0.25) is 0 Å². The number of nitrogens with two attached hydrogens (primary N) is 2. The minimum Gasteiger partial charge on any atom is -0.497 e. The van der Waals surface area contributed by atoms with Gasteiger partial charge in [-0.25, -0.2) is 15.0 Å². The molecule has 76 heavy (non-hydrogen) atoms. The van der Waals surface area contributed by atoms with E-state index in [1.54, 1.807) is 60.6 Å². The molecular formula is C56H61N9O7S4. The largest absolute Gasteiger partial charge is 0.497 e. The van der Waals surface area contributed by atoms with E-state index >= 15 is 0 Å². The Hall–Kier alpha value is -7.17. The quantitative estimate of drug-likeness (QED) is 0.0621. The third-order valence-electron chi connectivity index (χ3n) is 13.3. The molecule has 0 bridgehead atoms. The molecule has 0 saturated heterocycles. The monoisotopic (exact) mass is 1100 g/mol. The number of benzene rings is 2. The number of hydrogen-bond donors (Lipinski definition) is 6. The Morgan fingerprint density at radius 1 is 0.697 bits per heavy atom. The van der Waals surface area contributed by atoms with Gasteiger partial charge in [-0.1, -0.05) is 63.5 Å². The van der Waals surface area contributed by atoms with Crippen LogP contribution < -0.4 is 31.6 Å². The number of carbonyl (C=O) groups is 1. The van der Waals surface area contributed by atoms with Gasteiger partial charge >= 0.3 is 10.4 Å². The van der Waals surface area contributed by atoms with Gasteiger partial charge in [-0.05, 0) is 116 Å². The van der Waals surface area contributed by atoms with Gasteiger partial charge in [0.05, 0.1) is 45.0 Å². The molecule has 0 spiro atoms. The van der Waals surface area contributed by atoms with Crippen LogP contribution in [0.5, 0.6) is 11.5 Å². The van der Waals surface area contributed by atoms with Crippen LogP contribution in [0.3, 0.4) is 0 Å². The SMILES string of the molecule is C.COc1ccc(CNc2ncc(C#N)c3sc(C4=CCCC4)cc23)cc1.COc1ccc(CNc2ncc(C#N)c3sc(C4CCCC4)cc23)cc1.NC(=O)c1cnc(N)c2cc(C3CCCC3)sc12.O=S(=O)(O)O. The normalized spacial score (nSPS) is 14.2. The predicted molar refractivity (Wildman–Crippen MR) is 307 cm³/mol. The van der Waals surface area contributed by atoms with Gasteiger partial charge in [0.15, 0.2) is 0 Å². The van der Waals surface area contributed by atoms with Gasteiger partial charge in [-0.3, -0.25) is 13.9 Å². The van der Waals surface area contributed by atoms with Crippen molar-refractivity contribution in [2.45, 2.75) is 103 Å². The van der Waals surface area contributed by atoms with Crippen molar-refractivity contribution in [1.82, 2.24) is 15.0 Å². The number of carbonyl (C=O) groups excluding carboxylic acids is 1. The summed E-state index contributed by atoms with van der Waals surface area (Å²) in [6.45, 7) is 1.36. The van der Waals surface area contributed by atoms with Gasteiger partial charge in [-0.15, -0.1) is 34.0 Å². The number of fused-ring (bicyclic) bond motifs is 3. The molecule has 2 fully saturated rings. The molecule has 8 N–H and O–H groups in total. The third-order valence-corrected chi connectivity index (χ3v) is 17.3. The van der Waals surface area contributed by atoms with Crippen LogP contribution in [0.1, 0.15) is 137 Å². The summed E-state index contributed by atoms with van der Waals surface area (Å²) in [6.07, 6.45) is 20.8. The van der Waals surface area contributed by atoms with Crippen LogP contribution in [-0.4, -0.2) is 52.6 Å². The number of nitriles is 2. The lowest BCUT2D eigenvalue weighted by molar-refractivity contribution is 0.100. The Labute approximate surface area is 455 Å². The lowest BCUT2D eigenvalue weighted by atomic mass is 10.1. The van der Waals surface area contributed by atoms with E-state index in [0.717, 1.165) is 77.4 Å². The number of primary amides is 1. The predicted octanol–water partition coefficient (Wildman–Crippen LogP) is 13.4. The third kappa shape index (κ3) is 14.2. The molecule has 396 valence electrons. The highest BCUT2D eigenvalue weighted by Crippen LogP contribution is 2.44. The second-order valence-electron chi connectivity index (χ2n) is 18.3. The number of nitrogens with zero attached hydrogens (tertiary/aromatic N) is 5. The molecule has 20 heteroatoms. The molecule has 0 radical (unpaired) electrons. The molecule has 6 aromatic heterocycles. The lowest BCUT2D eigenvalue weighted by Crippen LogP contribution is -2.11. The number of ether oxygens (including phenoxy) is 2. The fraction of sp³-hybridized carbons (Fsp3) is 0.321. The van der Waals surface area contributed by atoms with Gasteiger partial charge < -0.3 is 31.6 Å². The van der Waals surface area contributed by atoms with E-state index in [1.807, 2.05) is 48.5 Å². The van der Waals surface area contributed by atoms with Crippen LogP contribution >= 0.6 is 34.0 Å². The number of methoxy groups -OCH3 is 2. The first-order chi connectivity index (χ1) is 36.2. The molecule has 1 amide bonds. The molecule has 3 aliphatic rings. The van der Waals surface area contributed by atoms with Crippen molar-refractivity contribution < 1.29 is 31.8 Å². The summed E-state index contributed by atoms with van der Waals surface area (Å²) >= 11 is 5.11. The number of rotatable bonds is 12. The molecule has 6 heterocycles. The van der Waals surface area contributed by atoms with Crippen LogP contribution in [-0.2, 0) is 23.5 Å². The van der Waals surface area contributed by atoms with Crippen molar-refractivity contribution in [3.8, 4) is 23.6 Å². The van der Waals surface area contributed by atoms with E-state index in [4.69, 9.17) is 38.5 Å². The van der Waals surface area contributed by atoms with Crippen LogP contribution in [0.25, 0.3) is 35.8 Å². The second-order valence-corrected chi connectivity index (χ2v) is 22.4. The minimum atomic E-state index is -4.67. The van der Waals surface area contributed by atoms with Crippen molar-refractivity contribution in [2.75, 3.05) is 30.6 Å². The zero-order chi connectivity index (χ0) is 53.1. The molecule has 0 atom stereocenters. The number of thiophene rings is 3. The molecule has 3 aliphatic carbocycles. The first-order valence-corrected chi connectivity index (χ1v) is 28.3. The number of nitrogens with one attached hydrogen (secondary N) is 2. The minimum absolute atomic E-state index is 0. The zero-order valence-corrected chi connectivity index (χ0v) is 44.7. The molecule has 0 aliphatic heterocycles. The van der Waals surface area contributed by atoms with Crippen molar-refractivity contribution >= 4 is 104 Å². The number of pyridine rings is 3. The van der Waals surface area contributed by atoms with E-state index in [-0.39, 0.29) is 7.43 Å². The van der Waals surface area contributed by atoms with Crippen molar-refractivity contribution in [3.05, 3.63) is 134 Å². The first-order valence-electron chi connectivity index (χ1n) is 24.5. The molecular weight excluding hydrogens is 1040 g/mol. The van der Waals surface area contributed by atoms with Gasteiger partial charge in [-0.2, -0.15) is 18.9 Å². The number of anilines is 3. The average Bonchev–Trinajstić information content (AvgIpc) is 4.28. The maximum atomic E-state index is 11.4. The molecule has 8 aromatic rings. The number of aromatic nitrogens is 3. The molecule has 2 saturated carbocycles. The van der Waals surface area contributed by atoms with Crippen molar-refractivity contribution in [1.29, 1.82) is 10.5 Å². The van der Waals surface area contributed by atoms with Crippen LogP contribution in [0.4, 0.5) is 17.5 Å². The second kappa shape index (κ2) is 26.1. The number of nitrogen functional groups attached to an aromatic ring is 1. The Bertz CT molecular complexity index is 3520. The van der Waals surface area contributed by atoms with Gasteiger partial charge in [0.1, 0.15) is 41.1 Å². The Morgan fingerprint density at radius 3 is 1.61 bits per heavy atom. The number of allylic oxidation sites excluding steroid dienone is 2. The molecule has 0 unspecified atom stereocenters. The maximum Gasteiger partial charge on any atom is 0.394 e. The Kier molecular flexibility index (Phi) is 19.4. The summed E-state index contributed by atoms with van der Waals surface area (Å²) in [5.41, 5.74) is 16.8. The van der Waals surface area contributed by atoms with Crippen molar-refractivity contribution in [2.24, 2.45) is 5.73 Å². The van der Waals surface area contributed by atoms with E-state index in [0.29, 0.717) is 47.4 Å². The lowest BCUT2D eigenvalue weighted by Gasteiger charge is -2.08. The standard InChI is InChI=1S/C21H21N3OS.C21H19N3OS.C13H15N3OS.CH4.H2O4S/c2*1-25-17-8-6-14(7-9-17)12-23-21-18-10-19(15-4-2-3-5-15)26-20(18)16(11-22)13-24-21;14-12-8-5-10(7-3-1-2-4-7)18-11(8)9(6-16-12)13(15)17;;1-5(2,3)4/h6-10,13,15H,2-5,12H2,1H3,(H,23,24);4,6-10,13H,2-3,5,12H2,1H3,(H,23,24);5-7H,1-4H2,(H2,14,16)(H2,15,17);1H4;(H2,1,2,3,4). The number of amides is 1. The summed E-state index contributed by atoms with van der Waals surface area (Å²) in [5, 5.41) is 28.7. The summed E-state index contributed by atoms with van der Waals surface area (Å²) in [7, 11) is -1.33. The summed E-state index contributed by atoms with van der Waals surface area (Å²) in [6, 6.07) is 27.1. The van der Waals surface area contributed by atoms with Gasteiger partial charge in [0.25, 0.3) is 5.91 Å². The van der Waals surface area contributed by atoms with Gasteiger partial charge in [0, 0.05) is 62.5 Å². The highest BCUT2D eigenvalue weighted by molar-refractivity contribution is 7.79. The molecule has 11 rings (SSSR count).